The molecule has 4 aliphatic carbocycles. The average Bonchev–Trinajstić information content (AvgIpc) is 3.11. The molecule has 2 fully saturated rings. The van der Waals surface area contributed by atoms with Crippen LogP contribution in [0.15, 0.2) is 24.3 Å². The summed E-state index contributed by atoms with van der Waals surface area (Å²) in [5.41, 5.74) is -0.0927. The molecule has 9 heteroatoms. The van der Waals surface area contributed by atoms with Gasteiger partial charge in [0.25, 0.3) is 0 Å². The highest BCUT2D eigenvalue weighted by Crippen LogP contribution is 2.52. The zero-order valence-electron chi connectivity index (χ0n) is 36.9. The Morgan fingerprint density at radius 2 is 1.16 bits per heavy atom. The van der Waals surface area contributed by atoms with E-state index in [-0.39, 0.29) is 34.7 Å². The Morgan fingerprint density at radius 1 is 0.690 bits per heavy atom. The lowest BCUT2D eigenvalue weighted by molar-refractivity contribution is -0.145. The molecule has 6 atom stereocenters. The van der Waals surface area contributed by atoms with Gasteiger partial charge in [0, 0.05) is 23.6 Å². The fourth-order valence-electron chi connectivity index (χ4n) is 10.9. The lowest BCUT2D eigenvalue weighted by Gasteiger charge is -2.49. The summed E-state index contributed by atoms with van der Waals surface area (Å²) in [7, 11) is 0. The van der Waals surface area contributed by atoms with Crippen LogP contribution >= 0.6 is 0 Å². The van der Waals surface area contributed by atoms with Crippen LogP contribution in [0.3, 0.4) is 0 Å². The standard InChI is InChI=1S/C49H69F2NO6/c1-30-31-18-13-11-15-22-48(30,9)37-26-33(28-39(50)35(37)24-31)56-42(53)46(5,6)20-17-21-47(7,8)43(54)57-34-27-38-36(40(51)29-34)25-32-19-14-12-16-23-49(38,10)41(32)52-44(55)58-45(2,3)4/h26-32,41H,11-25H2,1-10H3,(H,52,55)/t30-,31-,32-,41-,48-,49+/m0/s1. The summed E-state index contributed by atoms with van der Waals surface area (Å²) in [6, 6.07) is 6.14. The van der Waals surface area contributed by atoms with Crippen molar-refractivity contribution < 1.29 is 37.4 Å². The van der Waals surface area contributed by atoms with Crippen molar-refractivity contribution >= 4 is 18.0 Å². The molecule has 0 spiro atoms. The van der Waals surface area contributed by atoms with Gasteiger partial charge in [-0.1, -0.05) is 65.7 Å². The Bertz CT molecular complexity index is 1880. The number of carbonyl (C=O) groups excluding carboxylic acids is 3. The second kappa shape index (κ2) is 16.5. The first-order valence-electron chi connectivity index (χ1n) is 22.1. The first-order chi connectivity index (χ1) is 27.0. The Balaban J connectivity index is 1.11. The molecule has 4 bridgehead atoms. The first-order valence-corrected chi connectivity index (χ1v) is 22.1. The fraction of sp³-hybridized carbons (Fsp3) is 0.694. The van der Waals surface area contributed by atoms with Gasteiger partial charge >= 0.3 is 18.0 Å². The first kappa shape index (κ1) is 44.1. The van der Waals surface area contributed by atoms with Crippen molar-refractivity contribution in [2.75, 3.05) is 0 Å². The van der Waals surface area contributed by atoms with Crippen LogP contribution in [0.5, 0.6) is 11.5 Å². The van der Waals surface area contributed by atoms with Gasteiger partial charge in [-0.2, -0.15) is 0 Å². The van der Waals surface area contributed by atoms with E-state index in [1.54, 1.807) is 19.9 Å². The number of halogens is 2. The number of alkyl carbamates (subject to hydrolysis) is 1. The molecule has 58 heavy (non-hydrogen) atoms. The van der Waals surface area contributed by atoms with E-state index in [0.717, 1.165) is 74.5 Å². The quantitative estimate of drug-likeness (QED) is 0.200. The van der Waals surface area contributed by atoms with Crippen molar-refractivity contribution in [1.82, 2.24) is 5.32 Å². The van der Waals surface area contributed by atoms with Crippen molar-refractivity contribution in [3.05, 3.63) is 58.2 Å². The fourth-order valence-corrected chi connectivity index (χ4v) is 10.9. The highest BCUT2D eigenvalue weighted by atomic mass is 19.1. The summed E-state index contributed by atoms with van der Waals surface area (Å²) in [5.74, 6) is -0.299. The average molecular weight is 806 g/mol. The molecule has 4 aliphatic rings. The minimum absolute atomic E-state index is 0.0501. The number of carbonyl (C=O) groups is 3. The van der Waals surface area contributed by atoms with Crippen molar-refractivity contribution in [3.8, 4) is 11.5 Å². The molecule has 2 aromatic carbocycles. The molecular weight excluding hydrogens is 737 g/mol. The third-order valence-electron chi connectivity index (χ3n) is 14.7. The summed E-state index contributed by atoms with van der Waals surface area (Å²) >= 11 is 0. The molecule has 1 N–H and O–H groups in total. The van der Waals surface area contributed by atoms with Gasteiger partial charge in [-0.15, -0.1) is 0 Å². The van der Waals surface area contributed by atoms with Crippen LogP contribution in [0.4, 0.5) is 13.6 Å². The van der Waals surface area contributed by atoms with Gasteiger partial charge in [0.1, 0.15) is 28.7 Å². The van der Waals surface area contributed by atoms with Crippen molar-refractivity contribution in [3.63, 3.8) is 0 Å². The third kappa shape index (κ3) is 9.13. The minimum Gasteiger partial charge on any atom is -0.444 e. The number of amides is 1. The Hall–Kier alpha value is -3.49. The summed E-state index contributed by atoms with van der Waals surface area (Å²) in [6.07, 6.45) is 12.3. The van der Waals surface area contributed by atoms with Gasteiger partial charge in [0.05, 0.1) is 10.8 Å². The number of esters is 2. The van der Waals surface area contributed by atoms with E-state index in [9.17, 15) is 14.4 Å². The lowest BCUT2D eigenvalue weighted by Crippen LogP contribution is -2.57. The predicted octanol–water partition coefficient (Wildman–Crippen LogP) is 12.0. The van der Waals surface area contributed by atoms with Crippen LogP contribution in [0.2, 0.25) is 0 Å². The van der Waals surface area contributed by atoms with E-state index in [2.05, 4.69) is 26.1 Å². The highest BCUT2D eigenvalue weighted by Gasteiger charge is 2.49. The number of hydrogen-bond acceptors (Lipinski definition) is 6. The molecule has 320 valence electrons. The van der Waals surface area contributed by atoms with Gasteiger partial charge in [-0.25, -0.2) is 13.6 Å². The van der Waals surface area contributed by atoms with Gasteiger partial charge in [0.15, 0.2) is 0 Å². The molecule has 6 rings (SSSR count). The maximum Gasteiger partial charge on any atom is 0.407 e. The molecule has 0 aromatic heterocycles. The molecule has 0 saturated heterocycles. The zero-order valence-corrected chi connectivity index (χ0v) is 36.9. The number of fused-ring (bicyclic) bond motifs is 8. The van der Waals surface area contributed by atoms with Crippen LogP contribution in [0.1, 0.15) is 175 Å². The zero-order chi connectivity index (χ0) is 42.4. The molecule has 0 heterocycles. The summed E-state index contributed by atoms with van der Waals surface area (Å²) in [6.45, 7) is 19.4. The second-order valence-corrected chi connectivity index (χ2v) is 21.1. The topological polar surface area (TPSA) is 90.9 Å². The smallest absolute Gasteiger partial charge is 0.407 e. The number of nitrogens with one attached hydrogen (secondary N) is 1. The summed E-state index contributed by atoms with van der Waals surface area (Å²) in [4.78, 5) is 40.5. The SMILES string of the molecule is C[C@H]1[C@H]2CCCCC[C@]1(C)c1cc(OC(=O)C(C)(C)CCCC(C)(C)C(=O)Oc3cc(F)c4c(c3)[C@@]3(C)CCCCC[C@@H](C4)[C@@H]3NC(=O)OC(C)(C)C)cc(F)c1C2. The molecule has 0 aliphatic heterocycles. The van der Waals surface area contributed by atoms with Crippen LogP contribution in [0.25, 0.3) is 0 Å². The maximum atomic E-state index is 16.0. The number of rotatable bonds is 9. The van der Waals surface area contributed by atoms with Crippen LogP contribution in [-0.2, 0) is 38.0 Å². The van der Waals surface area contributed by atoms with Crippen molar-refractivity contribution in [2.24, 2.45) is 28.6 Å². The Labute approximate surface area is 346 Å². The second-order valence-electron chi connectivity index (χ2n) is 21.1. The van der Waals surface area contributed by atoms with E-state index < -0.39 is 45.7 Å². The van der Waals surface area contributed by atoms with E-state index in [0.29, 0.717) is 43.1 Å². The van der Waals surface area contributed by atoms with Crippen molar-refractivity contribution in [2.45, 2.75) is 188 Å². The molecule has 2 saturated carbocycles. The van der Waals surface area contributed by atoms with Gasteiger partial charge in [-0.3, -0.25) is 9.59 Å². The molecule has 2 aromatic rings. The van der Waals surface area contributed by atoms with E-state index in [1.165, 1.54) is 25.0 Å². The van der Waals surface area contributed by atoms with Gasteiger partial charge in [0.2, 0.25) is 0 Å². The molecule has 0 radical (unpaired) electrons. The number of hydrogen-bond donors (Lipinski definition) is 1. The van der Waals surface area contributed by atoms with Crippen LogP contribution in [-0.4, -0.2) is 29.7 Å². The Morgan fingerprint density at radius 3 is 1.67 bits per heavy atom. The largest absolute Gasteiger partial charge is 0.444 e. The molecule has 7 nitrogen and oxygen atoms in total. The van der Waals surface area contributed by atoms with E-state index in [1.807, 2.05) is 40.7 Å². The molecular formula is C49H69F2NO6. The van der Waals surface area contributed by atoms with Crippen LogP contribution < -0.4 is 14.8 Å². The predicted molar refractivity (Wildman–Crippen MR) is 223 cm³/mol. The number of benzene rings is 2. The highest BCUT2D eigenvalue weighted by molar-refractivity contribution is 5.79. The molecule has 1 amide bonds. The molecule has 0 unspecified atom stereocenters. The summed E-state index contributed by atoms with van der Waals surface area (Å²) < 4.78 is 49.3. The maximum absolute atomic E-state index is 16.0. The summed E-state index contributed by atoms with van der Waals surface area (Å²) in [5, 5.41) is 3.18. The van der Waals surface area contributed by atoms with E-state index in [4.69, 9.17) is 14.2 Å². The minimum atomic E-state index is -0.939. The Kier molecular flexibility index (Phi) is 12.6. The number of ether oxygens (including phenoxy) is 3. The van der Waals surface area contributed by atoms with E-state index >= 15 is 8.78 Å². The van der Waals surface area contributed by atoms with Gasteiger partial charge in [-0.05, 0) is 157 Å². The lowest BCUT2D eigenvalue weighted by atomic mass is 9.57. The normalized spacial score (nSPS) is 27.4. The van der Waals surface area contributed by atoms with Crippen molar-refractivity contribution in [1.29, 1.82) is 0 Å². The van der Waals surface area contributed by atoms with Gasteiger partial charge < -0.3 is 19.5 Å². The van der Waals surface area contributed by atoms with Crippen LogP contribution in [0, 0.1) is 40.2 Å². The monoisotopic (exact) mass is 806 g/mol. The third-order valence-corrected chi connectivity index (χ3v) is 14.7.